The number of carbonyl (C=O) groups excluding carboxylic acids is 2. The molecule has 0 aliphatic rings. The van der Waals surface area contributed by atoms with Crippen LogP contribution in [0.4, 0.5) is 5.00 Å². The van der Waals surface area contributed by atoms with Crippen LogP contribution in [0.3, 0.4) is 0 Å². The van der Waals surface area contributed by atoms with Gasteiger partial charge in [0.05, 0.1) is 17.7 Å². The van der Waals surface area contributed by atoms with Gasteiger partial charge in [-0.3, -0.25) is 4.79 Å². The van der Waals surface area contributed by atoms with E-state index < -0.39 is 11.9 Å². The number of thiophene rings is 1. The molecule has 3 aromatic rings. The molecule has 0 radical (unpaired) electrons. The van der Waals surface area contributed by atoms with E-state index in [1.54, 1.807) is 18.2 Å². The van der Waals surface area contributed by atoms with Gasteiger partial charge < -0.3 is 14.5 Å². The van der Waals surface area contributed by atoms with Gasteiger partial charge in [0.1, 0.15) is 10.8 Å². The van der Waals surface area contributed by atoms with Gasteiger partial charge in [0.15, 0.2) is 5.76 Å². The maximum absolute atomic E-state index is 12.5. The number of ether oxygens (including phenoxy) is 1. The van der Waals surface area contributed by atoms with Crippen LogP contribution in [-0.4, -0.2) is 19.0 Å². The topological polar surface area (TPSA) is 68.5 Å². The molecule has 26 heavy (non-hydrogen) atoms. The predicted octanol–water partition coefficient (Wildman–Crippen LogP) is 5.32. The number of hydrogen-bond acceptors (Lipinski definition) is 5. The van der Waals surface area contributed by atoms with Crippen molar-refractivity contribution in [3.05, 3.63) is 63.2 Å². The number of benzene rings is 1. The standard InChI is InChI=1S/C19H16ClNO4S/c1-10-11(2)26-18(16(10)19(23)24-3)21-17(22)15-9-8-14(25-15)12-6-4-5-7-13(12)20/h4-9H,1-3H3,(H,21,22). The Bertz CT molecular complexity index is 989. The minimum Gasteiger partial charge on any atom is -0.465 e. The average Bonchev–Trinajstić information content (AvgIpc) is 3.21. The number of amides is 1. The van der Waals surface area contributed by atoms with Gasteiger partial charge in [-0.2, -0.15) is 0 Å². The lowest BCUT2D eigenvalue weighted by atomic mass is 10.1. The van der Waals surface area contributed by atoms with E-state index >= 15 is 0 Å². The first-order valence-electron chi connectivity index (χ1n) is 7.76. The highest BCUT2D eigenvalue weighted by Gasteiger charge is 2.23. The van der Waals surface area contributed by atoms with Gasteiger partial charge >= 0.3 is 5.97 Å². The molecular weight excluding hydrogens is 374 g/mol. The lowest BCUT2D eigenvalue weighted by Gasteiger charge is -2.05. The molecule has 0 atom stereocenters. The normalized spacial score (nSPS) is 10.6. The van der Waals surface area contributed by atoms with Crippen LogP contribution in [0, 0.1) is 13.8 Å². The third-order valence-electron chi connectivity index (χ3n) is 3.97. The fraction of sp³-hybridized carbons (Fsp3) is 0.158. The third-order valence-corrected chi connectivity index (χ3v) is 5.42. The van der Waals surface area contributed by atoms with E-state index in [0.717, 1.165) is 10.4 Å². The van der Waals surface area contributed by atoms with Crippen molar-refractivity contribution in [3.63, 3.8) is 0 Å². The molecule has 0 unspecified atom stereocenters. The van der Waals surface area contributed by atoms with Gasteiger partial charge in [-0.15, -0.1) is 11.3 Å². The molecule has 5 nitrogen and oxygen atoms in total. The molecule has 0 saturated carbocycles. The van der Waals surface area contributed by atoms with Crippen molar-refractivity contribution in [2.24, 2.45) is 0 Å². The molecule has 0 aliphatic carbocycles. The van der Waals surface area contributed by atoms with E-state index in [1.165, 1.54) is 18.4 Å². The van der Waals surface area contributed by atoms with Crippen molar-refractivity contribution < 1.29 is 18.7 Å². The maximum atomic E-state index is 12.5. The van der Waals surface area contributed by atoms with Crippen LogP contribution in [0.1, 0.15) is 31.4 Å². The molecule has 7 heteroatoms. The number of rotatable bonds is 4. The zero-order chi connectivity index (χ0) is 18.8. The van der Waals surface area contributed by atoms with E-state index in [0.29, 0.717) is 26.9 Å². The van der Waals surface area contributed by atoms with Crippen molar-refractivity contribution in [1.29, 1.82) is 0 Å². The highest BCUT2D eigenvalue weighted by molar-refractivity contribution is 7.16. The van der Waals surface area contributed by atoms with Crippen molar-refractivity contribution in [1.82, 2.24) is 0 Å². The van der Waals surface area contributed by atoms with E-state index in [-0.39, 0.29) is 5.76 Å². The quantitative estimate of drug-likeness (QED) is 0.613. The summed E-state index contributed by atoms with van der Waals surface area (Å²) in [4.78, 5) is 25.5. The van der Waals surface area contributed by atoms with E-state index in [9.17, 15) is 9.59 Å². The summed E-state index contributed by atoms with van der Waals surface area (Å²) in [6.07, 6.45) is 0. The number of furan rings is 1. The Kier molecular flexibility index (Phi) is 5.15. The Morgan fingerprint density at radius 3 is 2.58 bits per heavy atom. The Hall–Kier alpha value is -2.57. The summed E-state index contributed by atoms with van der Waals surface area (Å²) >= 11 is 7.48. The average molecular weight is 390 g/mol. The number of hydrogen-bond donors (Lipinski definition) is 1. The molecule has 134 valence electrons. The van der Waals surface area contributed by atoms with Crippen LogP contribution in [0.2, 0.25) is 5.02 Å². The second kappa shape index (κ2) is 7.35. The zero-order valence-electron chi connectivity index (χ0n) is 14.4. The number of nitrogens with one attached hydrogen (secondary N) is 1. The van der Waals surface area contributed by atoms with Gasteiger partial charge in [-0.05, 0) is 43.7 Å². The third kappa shape index (κ3) is 3.38. The molecule has 3 rings (SSSR count). The number of aryl methyl sites for hydroxylation is 1. The van der Waals surface area contributed by atoms with Crippen molar-refractivity contribution >= 4 is 39.8 Å². The maximum Gasteiger partial charge on any atom is 0.341 e. The fourth-order valence-electron chi connectivity index (χ4n) is 2.49. The van der Waals surface area contributed by atoms with Crippen LogP contribution < -0.4 is 5.32 Å². The van der Waals surface area contributed by atoms with E-state index in [4.69, 9.17) is 20.8 Å². The number of esters is 1. The highest BCUT2D eigenvalue weighted by atomic mass is 35.5. The molecule has 0 spiro atoms. The molecule has 0 aliphatic heterocycles. The Morgan fingerprint density at radius 1 is 1.15 bits per heavy atom. The fourth-order valence-corrected chi connectivity index (χ4v) is 3.77. The molecule has 2 heterocycles. The smallest absolute Gasteiger partial charge is 0.341 e. The largest absolute Gasteiger partial charge is 0.465 e. The van der Waals surface area contributed by atoms with Crippen molar-refractivity contribution in [2.75, 3.05) is 12.4 Å². The van der Waals surface area contributed by atoms with Gasteiger partial charge in [0.25, 0.3) is 5.91 Å². The Morgan fingerprint density at radius 2 is 1.88 bits per heavy atom. The summed E-state index contributed by atoms with van der Waals surface area (Å²) in [7, 11) is 1.31. The second-order valence-corrected chi connectivity index (χ2v) is 7.21. The minimum atomic E-state index is -0.488. The van der Waals surface area contributed by atoms with Gasteiger partial charge in [-0.25, -0.2) is 4.79 Å². The monoisotopic (exact) mass is 389 g/mol. The number of anilines is 1. The molecule has 0 fully saturated rings. The SMILES string of the molecule is COC(=O)c1c(NC(=O)c2ccc(-c3ccccc3Cl)o2)sc(C)c1C. The summed E-state index contributed by atoms with van der Waals surface area (Å²) in [5.41, 5.74) is 1.85. The van der Waals surface area contributed by atoms with Gasteiger partial charge in [0.2, 0.25) is 0 Å². The van der Waals surface area contributed by atoms with E-state index in [2.05, 4.69) is 5.32 Å². The van der Waals surface area contributed by atoms with Crippen molar-refractivity contribution in [2.45, 2.75) is 13.8 Å². The lowest BCUT2D eigenvalue weighted by molar-refractivity contribution is 0.0601. The number of carbonyl (C=O) groups is 2. The predicted molar refractivity (Wildman–Crippen MR) is 102 cm³/mol. The van der Waals surface area contributed by atoms with Crippen LogP contribution in [0.25, 0.3) is 11.3 Å². The molecular formula is C19H16ClNO4S. The molecule has 1 aromatic carbocycles. The van der Waals surface area contributed by atoms with E-state index in [1.807, 2.05) is 32.0 Å². The first-order chi connectivity index (χ1) is 12.4. The minimum absolute atomic E-state index is 0.124. The van der Waals surface area contributed by atoms with Crippen LogP contribution >= 0.6 is 22.9 Å². The summed E-state index contributed by atoms with van der Waals surface area (Å²) in [6.45, 7) is 3.70. The Balaban J connectivity index is 1.88. The Labute approximate surface area is 159 Å². The highest BCUT2D eigenvalue weighted by Crippen LogP contribution is 2.34. The summed E-state index contributed by atoms with van der Waals surface area (Å²) in [5.74, 6) is -0.319. The molecule has 1 amide bonds. The lowest BCUT2D eigenvalue weighted by Crippen LogP contribution is -2.13. The second-order valence-electron chi connectivity index (χ2n) is 5.58. The zero-order valence-corrected chi connectivity index (χ0v) is 16.0. The van der Waals surface area contributed by atoms with Crippen molar-refractivity contribution in [3.8, 4) is 11.3 Å². The van der Waals surface area contributed by atoms with Crippen LogP contribution in [0.15, 0.2) is 40.8 Å². The first-order valence-corrected chi connectivity index (χ1v) is 8.96. The van der Waals surface area contributed by atoms with Gasteiger partial charge in [-0.1, -0.05) is 23.7 Å². The summed E-state index contributed by atoms with van der Waals surface area (Å²) < 4.78 is 10.5. The molecule has 1 N–H and O–H groups in total. The summed E-state index contributed by atoms with van der Waals surface area (Å²) in [6, 6.07) is 10.5. The van der Waals surface area contributed by atoms with Gasteiger partial charge in [0, 0.05) is 10.4 Å². The first kappa shape index (κ1) is 18.2. The number of halogens is 1. The number of methoxy groups -OCH3 is 1. The van der Waals surface area contributed by atoms with Crippen LogP contribution in [0.5, 0.6) is 0 Å². The molecule has 0 bridgehead atoms. The summed E-state index contributed by atoms with van der Waals surface area (Å²) in [5, 5.41) is 3.71. The molecule has 2 aromatic heterocycles. The molecule has 0 saturated heterocycles. The van der Waals surface area contributed by atoms with Crippen LogP contribution in [-0.2, 0) is 4.74 Å².